The molecule has 2 bridgehead atoms. The summed E-state index contributed by atoms with van der Waals surface area (Å²) in [5, 5.41) is 3.38. The lowest BCUT2D eigenvalue weighted by molar-refractivity contribution is -0.0557. The number of amides is 1. The van der Waals surface area contributed by atoms with Gasteiger partial charge in [-0.1, -0.05) is 18.2 Å². The minimum atomic E-state index is 0.0187. The lowest BCUT2D eigenvalue weighted by Gasteiger charge is -2.59. The van der Waals surface area contributed by atoms with Crippen molar-refractivity contribution in [2.45, 2.75) is 56.2 Å². The Morgan fingerprint density at radius 2 is 2.13 bits per heavy atom. The first-order chi connectivity index (χ1) is 14.5. The standard InChI is InChI=1S/C25H27IN2O2/c1-14-6-7-15-13-20-18-8-9-19(27-24(29)16-4-3-5-17(26)12-16)23-25(18,10-11-28(20)2)21(15)22(14)30-23/h3-7,12,18-20,23H,8-11,13H2,1-2H3,(H,27,29)/t18?,19-,20?,23?,25?/m1/s1. The predicted molar refractivity (Wildman–Crippen MR) is 125 cm³/mol. The number of likely N-dealkylation sites (tertiary alicyclic amines) is 1. The number of likely N-dealkylation sites (N-methyl/N-ethyl adjacent to an activating group) is 1. The Morgan fingerprint density at radius 3 is 2.97 bits per heavy atom. The van der Waals surface area contributed by atoms with Crippen LogP contribution in [0.1, 0.15) is 46.3 Å². The molecule has 4 nitrogen and oxygen atoms in total. The molecule has 1 spiro atoms. The molecule has 2 aromatic rings. The number of nitrogens with one attached hydrogen (secondary N) is 1. The van der Waals surface area contributed by atoms with E-state index in [4.69, 9.17) is 4.74 Å². The number of hydrogen-bond acceptors (Lipinski definition) is 3. The van der Waals surface area contributed by atoms with E-state index in [9.17, 15) is 4.79 Å². The largest absolute Gasteiger partial charge is 0.487 e. The van der Waals surface area contributed by atoms with Crippen LogP contribution in [0.3, 0.4) is 0 Å². The van der Waals surface area contributed by atoms with Crippen LogP contribution in [0.2, 0.25) is 0 Å². The van der Waals surface area contributed by atoms with Crippen LogP contribution in [-0.4, -0.2) is 42.6 Å². The van der Waals surface area contributed by atoms with Crippen molar-refractivity contribution in [2.75, 3.05) is 13.6 Å². The predicted octanol–water partition coefficient (Wildman–Crippen LogP) is 4.07. The average Bonchev–Trinajstić information content (AvgIpc) is 3.09. The fourth-order valence-corrected chi connectivity index (χ4v) is 7.46. The second kappa shape index (κ2) is 6.70. The Labute approximate surface area is 191 Å². The van der Waals surface area contributed by atoms with Crippen molar-refractivity contribution < 1.29 is 9.53 Å². The van der Waals surface area contributed by atoms with Crippen LogP contribution in [0, 0.1) is 16.4 Å². The van der Waals surface area contributed by atoms with Gasteiger partial charge >= 0.3 is 0 Å². The molecular formula is C25H27IN2O2. The maximum absolute atomic E-state index is 13.1. The highest BCUT2D eigenvalue weighted by Crippen LogP contribution is 2.62. The van der Waals surface area contributed by atoms with E-state index in [1.165, 1.54) is 16.7 Å². The van der Waals surface area contributed by atoms with Crippen LogP contribution in [0.25, 0.3) is 0 Å². The molecule has 0 radical (unpaired) electrons. The molecule has 2 heterocycles. The lowest BCUT2D eigenvalue weighted by Crippen LogP contribution is -2.68. The molecule has 5 heteroatoms. The molecule has 1 N–H and O–H groups in total. The summed E-state index contributed by atoms with van der Waals surface area (Å²) in [4.78, 5) is 15.7. The summed E-state index contributed by atoms with van der Waals surface area (Å²) in [5.41, 5.74) is 4.97. The van der Waals surface area contributed by atoms with Gasteiger partial charge in [0.15, 0.2) is 0 Å². The van der Waals surface area contributed by atoms with Gasteiger partial charge in [0, 0.05) is 26.2 Å². The van der Waals surface area contributed by atoms with Crippen molar-refractivity contribution in [2.24, 2.45) is 5.92 Å². The monoisotopic (exact) mass is 514 g/mol. The second-order valence-electron chi connectivity index (χ2n) is 9.60. The van der Waals surface area contributed by atoms with Gasteiger partial charge in [-0.05, 0) is 104 Å². The van der Waals surface area contributed by atoms with Gasteiger partial charge in [0.05, 0.1) is 6.04 Å². The third-order valence-electron chi connectivity index (χ3n) is 8.22. The molecule has 1 saturated carbocycles. The van der Waals surface area contributed by atoms with Gasteiger partial charge < -0.3 is 15.0 Å². The van der Waals surface area contributed by atoms with Crippen LogP contribution >= 0.6 is 22.6 Å². The molecule has 4 unspecified atom stereocenters. The fourth-order valence-electron chi connectivity index (χ4n) is 6.92. The van der Waals surface area contributed by atoms with Crippen molar-refractivity contribution in [3.63, 3.8) is 0 Å². The van der Waals surface area contributed by atoms with Gasteiger partial charge in [0.1, 0.15) is 11.9 Å². The number of carbonyl (C=O) groups excluding carboxylic acids is 1. The van der Waals surface area contributed by atoms with Gasteiger partial charge in [0.25, 0.3) is 5.91 Å². The SMILES string of the molecule is Cc1ccc2c3c1OC1[C@H](NC(=O)c4cccc(I)c4)CCC4C(C2)N(C)CCC341. The van der Waals surface area contributed by atoms with Crippen molar-refractivity contribution >= 4 is 28.5 Å². The fraction of sp³-hybridized carbons (Fsp3) is 0.480. The zero-order chi connectivity index (χ0) is 20.6. The molecule has 2 aliphatic heterocycles. The molecule has 0 aromatic heterocycles. The van der Waals surface area contributed by atoms with Crippen molar-refractivity contribution in [1.82, 2.24) is 10.2 Å². The first kappa shape index (κ1) is 19.1. The quantitative estimate of drug-likeness (QED) is 0.615. The Bertz CT molecular complexity index is 1050. The topological polar surface area (TPSA) is 41.6 Å². The first-order valence-electron chi connectivity index (χ1n) is 11.1. The summed E-state index contributed by atoms with van der Waals surface area (Å²) in [6.07, 6.45) is 4.42. The van der Waals surface area contributed by atoms with Gasteiger partial charge in [-0.3, -0.25) is 4.79 Å². The highest BCUT2D eigenvalue weighted by molar-refractivity contribution is 14.1. The number of nitrogens with zero attached hydrogens (tertiary/aromatic N) is 1. The average molecular weight is 514 g/mol. The summed E-state index contributed by atoms with van der Waals surface area (Å²) < 4.78 is 7.86. The molecule has 2 aromatic carbocycles. The van der Waals surface area contributed by atoms with Crippen LogP contribution < -0.4 is 10.1 Å². The van der Waals surface area contributed by atoms with E-state index in [2.05, 4.69) is 58.9 Å². The van der Waals surface area contributed by atoms with Crippen molar-refractivity contribution in [3.05, 3.63) is 62.2 Å². The van der Waals surface area contributed by atoms with E-state index in [0.29, 0.717) is 12.0 Å². The summed E-state index contributed by atoms with van der Waals surface area (Å²) in [7, 11) is 2.29. The minimum Gasteiger partial charge on any atom is -0.487 e. The van der Waals surface area contributed by atoms with E-state index in [1.807, 2.05) is 24.3 Å². The maximum Gasteiger partial charge on any atom is 0.251 e. The molecule has 156 valence electrons. The highest BCUT2D eigenvalue weighted by atomic mass is 127. The molecule has 30 heavy (non-hydrogen) atoms. The first-order valence-corrected chi connectivity index (χ1v) is 12.1. The van der Waals surface area contributed by atoms with E-state index in [1.54, 1.807) is 0 Å². The van der Waals surface area contributed by atoms with E-state index in [-0.39, 0.29) is 23.5 Å². The molecule has 5 atom stereocenters. The normalized spacial score (nSPS) is 33.6. The van der Waals surface area contributed by atoms with E-state index in [0.717, 1.165) is 47.1 Å². The van der Waals surface area contributed by atoms with Gasteiger partial charge in [-0.2, -0.15) is 0 Å². The van der Waals surface area contributed by atoms with Gasteiger partial charge in [0.2, 0.25) is 0 Å². The number of aryl methyl sites for hydroxylation is 1. The summed E-state index contributed by atoms with van der Waals surface area (Å²) in [5.74, 6) is 1.74. The Hall–Kier alpha value is -1.60. The maximum atomic E-state index is 13.1. The molecule has 6 rings (SSSR count). The smallest absolute Gasteiger partial charge is 0.251 e. The minimum absolute atomic E-state index is 0.0187. The molecular weight excluding hydrogens is 487 g/mol. The van der Waals surface area contributed by atoms with E-state index < -0.39 is 0 Å². The summed E-state index contributed by atoms with van der Waals surface area (Å²) in [6, 6.07) is 13.0. The molecule has 2 aliphatic carbocycles. The van der Waals surface area contributed by atoms with E-state index >= 15 is 0 Å². The zero-order valence-corrected chi connectivity index (χ0v) is 19.6. The third-order valence-corrected chi connectivity index (χ3v) is 8.89. The van der Waals surface area contributed by atoms with Crippen LogP contribution in [0.15, 0.2) is 36.4 Å². The Balaban J connectivity index is 1.41. The number of benzene rings is 2. The molecule has 2 fully saturated rings. The van der Waals surface area contributed by atoms with Crippen LogP contribution in [0.4, 0.5) is 0 Å². The number of ether oxygens (including phenoxy) is 1. The summed E-state index contributed by atoms with van der Waals surface area (Å²) in [6.45, 7) is 3.27. The Morgan fingerprint density at radius 1 is 1.27 bits per heavy atom. The number of halogens is 1. The molecule has 1 amide bonds. The van der Waals surface area contributed by atoms with Crippen molar-refractivity contribution in [1.29, 1.82) is 0 Å². The van der Waals surface area contributed by atoms with Crippen LogP contribution in [-0.2, 0) is 11.8 Å². The second-order valence-corrected chi connectivity index (χ2v) is 10.8. The number of carbonyl (C=O) groups is 1. The van der Waals surface area contributed by atoms with Gasteiger partial charge in [-0.15, -0.1) is 0 Å². The van der Waals surface area contributed by atoms with Crippen molar-refractivity contribution in [3.8, 4) is 5.75 Å². The van der Waals surface area contributed by atoms with Gasteiger partial charge in [-0.25, -0.2) is 0 Å². The van der Waals surface area contributed by atoms with Crippen LogP contribution in [0.5, 0.6) is 5.75 Å². The highest BCUT2D eigenvalue weighted by Gasteiger charge is 2.65. The lowest BCUT2D eigenvalue weighted by atomic mass is 9.51. The number of hydrogen-bond donors (Lipinski definition) is 1. The number of piperidine rings is 1. The number of rotatable bonds is 2. The molecule has 1 saturated heterocycles. The zero-order valence-electron chi connectivity index (χ0n) is 17.5. The summed E-state index contributed by atoms with van der Waals surface area (Å²) >= 11 is 2.26. The third kappa shape index (κ3) is 2.51. The molecule has 4 aliphatic rings. The Kier molecular flexibility index (Phi) is 4.27.